The normalized spacial score (nSPS) is 11.8. The van der Waals surface area contributed by atoms with Crippen LogP contribution in [0.2, 0.25) is 0 Å². The number of likely N-dealkylation sites (N-methyl/N-ethyl adjacent to an activating group) is 1. The molecule has 1 N–H and O–H groups in total. The van der Waals surface area contributed by atoms with Gasteiger partial charge in [0.15, 0.2) is 0 Å². The van der Waals surface area contributed by atoms with Gasteiger partial charge >= 0.3 is 5.97 Å². The lowest BCUT2D eigenvalue weighted by Crippen LogP contribution is -2.32. The van der Waals surface area contributed by atoms with E-state index in [9.17, 15) is 9.59 Å². The number of methoxy groups -OCH3 is 1. The summed E-state index contributed by atoms with van der Waals surface area (Å²) in [7, 11) is 4.99. The summed E-state index contributed by atoms with van der Waals surface area (Å²) in [6, 6.07) is 9.75. The molecule has 0 aliphatic heterocycles. The van der Waals surface area contributed by atoms with Crippen LogP contribution in [-0.4, -0.2) is 43.0 Å². The molecular formula is C17H19N3O3. The Bertz CT molecular complexity index is 669. The fourth-order valence-electron chi connectivity index (χ4n) is 2.24. The highest BCUT2D eigenvalue weighted by molar-refractivity contribution is 5.96. The van der Waals surface area contributed by atoms with Gasteiger partial charge in [-0.05, 0) is 50.0 Å². The summed E-state index contributed by atoms with van der Waals surface area (Å²) in [6.07, 6.45) is 3.34. The number of ether oxygens (including phenoxy) is 1. The Morgan fingerprint density at radius 3 is 2.39 bits per heavy atom. The van der Waals surface area contributed by atoms with E-state index in [1.807, 2.05) is 25.1 Å². The first-order valence-corrected chi connectivity index (χ1v) is 7.08. The largest absolute Gasteiger partial charge is 0.465 e. The van der Waals surface area contributed by atoms with E-state index in [0.29, 0.717) is 11.3 Å². The maximum atomic E-state index is 12.6. The number of esters is 1. The van der Waals surface area contributed by atoms with Crippen molar-refractivity contribution in [2.45, 2.75) is 6.04 Å². The van der Waals surface area contributed by atoms with Gasteiger partial charge in [0.2, 0.25) is 5.91 Å². The van der Waals surface area contributed by atoms with Gasteiger partial charge in [0.05, 0.1) is 12.7 Å². The lowest BCUT2D eigenvalue weighted by Gasteiger charge is -2.23. The summed E-state index contributed by atoms with van der Waals surface area (Å²) < 4.78 is 4.64. The molecule has 23 heavy (non-hydrogen) atoms. The third kappa shape index (κ3) is 4.14. The Morgan fingerprint density at radius 1 is 1.17 bits per heavy atom. The lowest BCUT2D eigenvalue weighted by atomic mass is 10.1. The number of nitrogens with zero attached hydrogens (tertiary/aromatic N) is 2. The zero-order valence-corrected chi connectivity index (χ0v) is 13.3. The van der Waals surface area contributed by atoms with E-state index in [2.05, 4.69) is 15.0 Å². The molecule has 6 nitrogen and oxygen atoms in total. The van der Waals surface area contributed by atoms with E-state index in [1.165, 1.54) is 7.11 Å². The minimum atomic E-state index is -0.455. The van der Waals surface area contributed by atoms with Gasteiger partial charge in [-0.3, -0.25) is 14.7 Å². The highest BCUT2D eigenvalue weighted by Gasteiger charge is 2.23. The molecule has 0 aliphatic rings. The average Bonchev–Trinajstić information content (AvgIpc) is 2.55. The van der Waals surface area contributed by atoms with Gasteiger partial charge in [0.25, 0.3) is 0 Å². The van der Waals surface area contributed by atoms with Gasteiger partial charge in [-0.1, -0.05) is 6.07 Å². The van der Waals surface area contributed by atoms with Crippen molar-refractivity contribution in [3.05, 3.63) is 59.9 Å². The zero-order chi connectivity index (χ0) is 16.8. The number of carbonyl (C=O) groups excluding carboxylic acids is 2. The minimum absolute atomic E-state index is 0.172. The monoisotopic (exact) mass is 313 g/mol. The van der Waals surface area contributed by atoms with Crippen LogP contribution in [0.4, 0.5) is 5.69 Å². The Kier molecular flexibility index (Phi) is 5.43. The van der Waals surface area contributed by atoms with Crippen molar-refractivity contribution in [1.82, 2.24) is 9.88 Å². The smallest absolute Gasteiger partial charge is 0.337 e. The van der Waals surface area contributed by atoms with Crippen LogP contribution < -0.4 is 5.32 Å². The number of carbonyl (C=O) groups is 2. The molecule has 1 amide bonds. The van der Waals surface area contributed by atoms with Crippen LogP contribution in [0, 0.1) is 0 Å². The van der Waals surface area contributed by atoms with Crippen molar-refractivity contribution in [2.24, 2.45) is 0 Å². The molecule has 0 radical (unpaired) electrons. The van der Waals surface area contributed by atoms with Crippen LogP contribution >= 0.6 is 0 Å². The number of hydrogen-bond donors (Lipinski definition) is 1. The van der Waals surface area contributed by atoms with E-state index in [0.717, 1.165) is 5.56 Å². The van der Waals surface area contributed by atoms with E-state index < -0.39 is 12.0 Å². The molecule has 6 heteroatoms. The molecule has 0 spiro atoms. The first-order chi connectivity index (χ1) is 11.0. The first kappa shape index (κ1) is 16.6. The summed E-state index contributed by atoms with van der Waals surface area (Å²) >= 11 is 0. The fourth-order valence-corrected chi connectivity index (χ4v) is 2.24. The van der Waals surface area contributed by atoms with Crippen molar-refractivity contribution >= 4 is 17.6 Å². The third-order valence-corrected chi connectivity index (χ3v) is 3.34. The standard InChI is InChI=1S/C17H19N3O3/c1-20(2)15(13-5-4-10-18-11-13)16(21)19-14-8-6-12(7-9-14)17(22)23-3/h4-11,15H,1-3H3,(H,19,21). The molecule has 0 saturated heterocycles. The molecule has 1 unspecified atom stereocenters. The lowest BCUT2D eigenvalue weighted by molar-refractivity contribution is -0.120. The van der Waals surface area contributed by atoms with Crippen LogP contribution in [0.25, 0.3) is 0 Å². The molecular weight excluding hydrogens is 294 g/mol. The zero-order valence-electron chi connectivity index (χ0n) is 13.3. The fraction of sp³-hybridized carbons (Fsp3) is 0.235. The van der Waals surface area contributed by atoms with Gasteiger partial charge < -0.3 is 10.1 Å². The summed E-state index contributed by atoms with van der Waals surface area (Å²) in [5, 5.41) is 2.85. The van der Waals surface area contributed by atoms with Crippen molar-refractivity contribution in [1.29, 1.82) is 0 Å². The number of nitrogens with one attached hydrogen (secondary N) is 1. The molecule has 120 valence electrons. The van der Waals surface area contributed by atoms with Crippen molar-refractivity contribution in [3.63, 3.8) is 0 Å². The summed E-state index contributed by atoms with van der Waals surface area (Å²) in [5.74, 6) is -0.585. The molecule has 2 aromatic rings. The quantitative estimate of drug-likeness (QED) is 0.856. The predicted molar refractivity (Wildman–Crippen MR) is 87.1 cm³/mol. The predicted octanol–water partition coefficient (Wildman–Crippen LogP) is 2.11. The molecule has 0 fully saturated rings. The number of rotatable bonds is 5. The third-order valence-electron chi connectivity index (χ3n) is 3.34. The van der Waals surface area contributed by atoms with Gasteiger partial charge in [-0.25, -0.2) is 4.79 Å². The molecule has 1 heterocycles. The van der Waals surface area contributed by atoms with E-state index in [4.69, 9.17) is 0 Å². The van der Waals surface area contributed by atoms with Crippen molar-refractivity contribution < 1.29 is 14.3 Å². The topological polar surface area (TPSA) is 71.5 Å². The van der Waals surface area contributed by atoms with E-state index >= 15 is 0 Å². The number of anilines is 1. The summed E-state index contributed by atoms with van der Waals surface area (Å²) in [4.78, 5) is 29.8. The SMILES string of the molecule is COC(=O)c1ccc(NC(=O)C(c2cccnc2)N(C)C)cc1. The number of amides is 1. The number of benzene rings is 1. The van der Waals surface area contributed by atoms with Gasteiger partial charge in [0, 0.05) is 18.1 Å². The Hall–Kier alpha value is -2.73. The Labute approximate surface area is 135 Å². The van der Waals surface area contributed by atoms with Gasteiger partial charge in [-0.2, -0.15) is 0 Å². The van der Waals surface area contributed by atoms with E-state index in [1.54, 1.807) is 42.7 Å². The van der Waals surface area contributed by atoms with Crippen LogP contribution in [0.3, 0.4) is 0 Å². The number of aromatic nitrogens is 1. The highest BCUT2D eigenvalue weighted by atomic mass is 16.5. The van der Waals surface area contributed by atoms with Crippen LogP contribution in [-0.2, 0) is 9.53 Å². The second-order valence-electron chi connectivity index (χ2n) is 5.21. The number of pyridine rings is 1. The summed E-state index contributed by atoms with van der Waals surface area (Å²) in [5.41, 5.74) is 1.85. The van der Waals surface area contributed by atoms with Gasteiger partial charge in [0.1, 0.15) is 6.04 Å². The average molecular weight is 313 g/mol. The first-order valence-electron chi connectivity index (χ1n) is 7.08. The van der Waals surface area contributed by atoms with Crippen molar-refractivity contribution in [2.75, 3.05) is 26.5 Å². The van der Waals surface area contributed by atoms with Gasteiger partial charge in [-0.15, -0.1) is 0 Å². The Morgan fingerprint density at radius 2 is 1.87 bits per heavy atom. The molecule has 1 aromatic carbocycles. The highest BCUT2D eigenvalue weighted by Crippen LogP contribution is 2.20. The second-order valence-corrected chi connectivity index (χ2v) is 5.21. The molecule has 2 rings (SSSR count). The second kappa shape index (κ2) is 7.51. The molecule has 1 atom stereocenters. The summed E-state index contributed by atoms with van der Waals surface area (Å²) in [6.45, 7) is 0. The Balaban J connectivity index is 2.14. The maximum absolute atomic E-state index is 12.6. The van der Waals surface area contributed by atoms with Crippen LogP contribution in [0.5, 0.6) is 0 Å². The molecule has 0 saturated carbocycles. The van der Waals surface area contributed by atoms with Crippen molar-refractivity contribution in [3.8, 4) is 0 Å². The molecule has 1 aromatic heterocycles. The van der Waals surface area contributed by atoms with Crippen LogP contribution in [0.1, 0.15) is 22.0 Å². The maximum Gasteiger partial charge on any atom is 0.337 e. The van der Waals surface area contributed by atoms with E-state index in [-0.39, 0.29) is 5.91 Å². The number of hydrogen-bond acceptors (Lipinski definition) is 5. The van der Waals surface area contributed by atoms with Crippen LogP contribution in [0.15, 0.2) is 48.8 Å². The molecule has 0 aliphatic carbocycles. The minimum Gasteiger partial charge on any atom is -0.465 e. The molecule has 0 bridgehead atoms.